The van der Waals surface area contributed by atoms with Gasteiger partial charge < -0.3 is 14.5 Å². The van der Waals surface area contributed by atoms with Crippen molar-refractivity contribution in [1.82, 2.24) is 0 Å². The minimum absolute atomic E-state index is 0.354. The molecule has 0 aliphatic rings. The van der Waals surface area contributed by atoms with Crippen molar-refractivity contribution in [3.8, 4) is 11.1 Å². The molecule has 0 aliphatic heterocycles. The van der Waals surface area contributed by atoms with Crippen LogP contribution in [0.15, 0.2) is 176 Å². The number of hydrogen-bond donors (Lipinski definition) is 0. The number of nitrogens with zero attached hydrogens (tertiary/aromatic N) is 2. The maximum atomic E-state index is 11.5. The highest BCUT2D eigenvalue weighted by molar-refractivity contribution is 5.82. The Morgan fingerprint density at radius 3 is 1.43 bits per heavy atom. The molecule has 6 aromatic rings. The van der Waals surface area contributed by atoms with Crippen molar-refractivity contribution >= 4 is 40.1 Å². The SMILES string of the molecule is C=CC(=O)OCCCc1ccccc1N(c1ccccc1)c1ccc(-c2ccc(N(c3ccccc3)c3ccccc3)cc2)cc1. The molecule has 0 saturated heterocycles. The quantitative estimate of drug-likeness (QED) is 0.0795. The monoisotopic (exact) mass is 600 g/mol. The number of carbonyl (C=O) groups is 1. The molecule has 0 spiro atoms. The molecule has 0 atom stereocenters. The van der Waals surface area contributed by atoms with Crippen LogP contribution in [0.2, 0.25) is 0 Å². The predicted octanol–water partition coefficient (Wildman–Crippen LogP) is 11.0. The van der Waals surface area contributed by atoms with E-state index in [2.05, 4.69) is 162 Å². The fourth-order valence-corrected chi connectivity index (χ4v) is 5.65. The van der Waals surface area contributed by atoms with E-state index in [1.54, 1.807) is 0 Å². The van der Waals surface area contributed by atoms with Crippen molar-refractivity contribution in [3.63, 3.8) is 0 Å². The van der Waals surface area contributed by atoms with Crippen LogP contribution in [-0.4, -0.2) is 12.6 Å². The molecule has 46 heavy (non-hydrogen) atoms. The fraction of sp³-hybridized carbons (Fsp3) is 0.0714. The topological polar surface area (TPSA) is 32.8 Å². The predicted molar refractivity (Wildman–Crippen MR) is 191 cm³/mol. The van der Waals surface area contributed by atoms with E-state index < -0.39 is 5.97 Å². The molecule has 0 saturated carbocycles. The molecule has 0 N–H and O–H groups in total. The second-order valence-corrected chi connectivity index (χ2v) is 10.9. The number of benzene rings is 6. The number of aryl methyl sites for hydroxylation is 1. The minimum atomic E-state index is -0.390. The molecule has 0 aromatic heterocycles. The zero-order valence-electron chi connectivity index (χ0n) is 25.7. The number of ether oxygens (including phenoxy) is 1. The third-order valence-electron chi connectivity index (χ3n) is 7.86. The smallest absolute Gasteiger partial charge is 0.330 e. The molecular formula is C42H36N2O2. The van der Waals surface area contributed by atoms with Gasteiger partial charge in [-0.25, -0.2) is 4.79 Å². The van der Waals surface area contributed by atoms with Crippen LogP contribution in [0, 0.1) is 0 Å². The summed E-state index contributed by atoms with van der Waals surface area (Å²) >= 11 is 0. The maximum Gasteiger partial charge on any atom is 0.330 e. The minimum Gasteiger partial charge on any atom is -0.463 e. The zero-order valence-corrected chi connectivity index (χ0v) is 25.7. The van der Waals surface area contributed by atoms with Gasteiger partial charge in [0.2, 0.25) is 0 Å². The lowest BCUT2D eigenvalue weighted by Crippen LogP contribution is -2.12. The summed E-state index contributed by atoms with van der Waals surface area (Å²) in [5.41, 5.74) is 10.1. The molecule has 6 rings (SSSR count). The van der Waals surface area contributed by atoms with Crippen molar-refractivity contribution in [3.05, 3.63) is 182 Å². The average Bonchev–Trinajstić information content (AvgIpc) is 3.13. The molecule has 0 unspecified atom stereocenters. The summed E-state index contributed by atoms with van der Waals surface area (Å²) in [6.45, 7) is 3.83. The number of esters is 1. The summed E-state index contributed by atoms with van der Waals surface area (Å²) in [6.07, 6.45) is 2.70. The van der Waals surface area contributed by atoms with Gasteiger partial charge in [-0.05, 0) is 96.3 Å². The fourth-order valence-electron chi connectivity index (χ4n) is 5.65. The molecule has 0 radical (unpaired) electrons. The largest absolute Gasteiger partial charge is 0.463 e. The maximum absolute atomic E-state index is 11.5. The van der Waals surface area contributed by atoms with Crippen molar-refractivity contribution in [2.24, 2.45) is 0 Å². The third-order valence-corrected chi connectivity index (χ3v) is 7.86. The first-order valence-corrected chi connectivity index (χ1v) is 15.5. The van der Waals surface area contributed by atoms with Crippen LogP contribution in [0.4, 0.5) is 34.1 Å². The first-order valence-electron chi connectivity index (χ1n) is 15.5. The first-order chi connectivity index (χ1) is 22.7. The van der Waals surface area contributed by atoms with Gasteiger partial charge in [0.05, 0.1) is 6.61 Å². The van der Waals surface area contributed by atoms with Gasteiger partial charge in [-0.1, -0.05) is 104 Å². The van der Waals surface area contributed by atoms with Gasteiger partial charge >= 0.3 is 5.97 Å². The zero-order chi connectivity index (χ0) is 31.6. The van der Waals surface area contributed by atoms with Crippen LogP contribution in [0.1, 0.15) is 12.0 Å². The van der Waals surface area contributed by atoms with Gasteiger partial charge in [0.1, 0.15) is 0 Å². The van der Waals surface area contributed by atoms with Crippen LogP contribution in [0.25, 0.3) is 11.1 Å². The lowest BCUT2D eigenvalue weighted by atomic mass is 10.0. The van der Waals surface area contributed by atoms with E-state index in [1.165, 1.54) is 11.6 Å². The van der Waals surface area contributed by atoms with Gasteiger partial charge in [-0.15, -0.1) is 0 Å². The van der Waals surface area contributed by atoms with Gasteiger partial charge in [-0.2, -0.15) is 0 Å². The van der Waals surface area contributed by atoms with Crippen LogP contribution in [0.5, 0.6) is 0 Å². The van der Waals surface area contributed by atoms with Gasteiger partial charge in [0, 0.05) is 40.2 Å². The third kappa shape index (κ3) is 7.09. The summed E-state index contributed by atoms with van der Waals surface area (Å²) in [7, 11) is 0. The highest BCUT2D eigenvalue weighted by Crippen LogP contribution is 2.39. The molecule has 0 bridgehead atoms. The Hall–Kier alpha value is -5.87. The Morgan fingerprint density at radius 1 is 0.522 bits per heavy atom. The molecule has 6 aromatic carbocycles. The van der Waals surface area contributed by atoms with E-state index in [0.717, 1.165) is 58.1 Å². The number of hydrogen-bond acceptors (Lipinski definition) is 4. The average molecular weight is 601 g/mol. The number of carbonyl (C=O) groups excluding carboxylic acids is 1. The van der Waals surface area contributed by atoms with Gasteiger partial charge in [-0.3, -0.25) is 0 Å². The standard InChI is InChI=1S/C42H36N2O2/c1-2-42(45)46-32-14-16-35-15-12-13-23-41(35)44(38-21-10-5-11-22-38)40-30-26-34(27-31-40)33-24-28-39(29-25-33)43(36-17-6-3-7-18-36)37-19-8-4-9-20-37/h2-13,15,17-31H,1,14,16,32H2. The second-order valence-electron chi connectivity index (χ2n) is 10.9. The normalized spacial score (nSPS) is 10.6. The Balaban J connectivity index is 1.27. The first kappa shape index (κ1) is 30.2. The Morgan fingerprint density at radius 2 is 0.935 bits per heavy atom. The van der Waals surface area contributed by atoms with Crippen LogP contribution >= 0.6 is 0 Å². The molecule has 0 fully saturated rings. The van der Waals surface area contributed by atoms with Gasteiger partial charge in [0.25, 0.3) is 0 Å². The summed E-state index contributed by atoms with van der Waals surface area (Å²) in [5, 5.41) is 0. The van der Waals surface area contributed by atoms with E-state index in [0.29, 0.717) is 6.61 Å². The summed E-state index contributed by atoms with van der Waals surface area (Å²) in [4.78, 5) is 16.1. The lowest BCUT2D eigenvalue weighted by Gasteiger charge is -2.28. The van der Waals surface area contributed by atoms with Crippen molar-refractivity contribution in [2.75, 3.05) is 16.4 Å². The highest BCUT2D eigenvalue weighted by atomic mass is 16.5. The Kier molecular flexibility index (Phi) is 9.67. The Labute approximate surface area is 271 Å². The summed E-state index contributed by atoms with van der Waals surface area (Å²) in [5.74, 6) is -0.390. The van der Waals surface area contributed by atoms with Crippen LogP contribution in [-0.2, 0) is 16.0 Å². The molecule has 4 heteroatoms. The Bertz CT molecular complexity index is 1810. The van der Waals surface area contributed by atoms with Crippen molar-refractivity contribution < 1.29 is 9.53 Å². The van der Waals surface area contributed by atoms with E-state index in [9.17, 15) is 4.79 Å². The summed E-state index contributed by atoms with van der Waals surface area (Å²) in [6, 6.07) is 57.2. The number of para-hydroxylation sites is 4. The molecule has 0 amide bonds. The number of anilines is 6. The van der Waals surface area contributed by atoms with E-state index in [4.69, 9.17) is 4.74 Å². The molecular weight excluding hydrogens is 564 g/mol. The van der Waals surface area contributed by atoms with Crippen LogP contribution < -0.4 is 9.80 Å². The van der Waals surface area contributed by atoms with E-state index in [-0.39, 0.29) is 0 Å². The van der Waals surface area contributed by atoms with E-state index >= 15 is 0 Å². The van der Waals surface area contributed by atoms with Gasteiger partial charge in [0.15, 0.2) is 0 Å². The van der Waals surface area contributed by atoms with E-state index in [1.807, 2.05) is 18.2 Å². The van der Waals surface area contributed by atoms with Crippen LogP contribution in [0.3, 0.4) is 0 Å². The lowest BCUT2D eigenvalue weighted by molar-refractivity contribution is -0.137. The summed E-state index contributed by atoms with van der Waals surface area (Å²) < 4.78 is 5.23. The second kappa shape index (κ2) is 14.7. The molecule has 0 heterocycles. The van der Waals surface area contributed by atoms with Crippen molar-refractivity contribution in [2.45, 2.75) is 12.8 Å². The molecule has 4 nitrogen and oxygen atoms in total. The highest BCUT2D eigenvalue weighted by Gasteiger charge is 2.16. The number of rotatable bonds is 12. The van der Waals surface area contributed by atoms with Crippen molar-refractivity contribution in [1.29, 1.82) is 0 Å². The molecule has 0 aliphatic carbocycles. The molecule has 226 valence electrons.